The van der Waals surface area contributed by atoms with Gasteiger partial charge in [0.2, 0.25) is 0 Å². The van der Waals surface area contributed by atoms with E-state index in [2.05, 4.69) is 39.5 Å². The molecule has 2 amide bonds. The van der Waals surface area contributed by atoms with Crippen LogP contribution in [0.1, 0.15) is 30.4 Å². The van der Waals surface area contributed by atoms with E-state index in [-0.39, 0.29) is 11.1 Å². The lowest BCUT2D eigenvalue weighted by Gasteiger charge is -2.36. The number of halogens is 4. The lowest BCUT2D eigenvalue weighted by Crippen LogP contribution is -2.52. The summed E-state index contributed by atoms with van der Waals surface area (Å²) in [7, 11) is 0. The second kappa shape index (κ2) is 11.5. The standard InChI is InChI=1S/C25H31ClF3N5O/c26-22-16-21(25(27,28)29)17-31-23(22)33-12-14-34(15-13-33)24(35)30-9-6-19-7-10-32(11-8-19)18-20-4-2-1-3-5-20/h1-5,16-17,19H,6-15,18H2,(H,30,35). The van der Waals surface area contributed by atoms with Gasteiger partial charge in [-0.2, -0.15) is 13.2 Å². The van der Waals surface area contributed by atoms with Gasteiger partial charge in [-0.3, -0.25) is 4.90 Å². The number of alkyl halides is 3. The Labute approximate surface area is 209 Å². The first kappa shape index (κ1) is 25.6. The average molecular weight is 510 g/mol. The number of carbonyl (C=O) groups is 1. The van der Waals surface area contributed by atoms with Crippen molar-refractivity contribution in [1.29, 1.82) is 0 Å². The molecule has 0 aliphatic carbocycles. The van der Waals surface area contributed by atoms with E-state index < -0.39 is 11.7 Å². The third-order valence-electron chi connectivity index (χ3n) is 6.80. The highest BCUT2D eigenvalue weighted by atomic mass is 35.5. The molecule has 10 heteroatoms. The van der Waals surface area contributed by atoms with Gasteiger partial charge in [0.1, 0.15) is 5.82 Å². The zero-order valence-electron chi connectivity index (χ0n) is 19.6. The van der Waals surface area contributed by atoms with Crippen LogP contribution in [-0.4, -0.2) is 66.6 Å². The summed E-state index contributed by atoms with van der Waals surface area (Å²) in [5.74, 6) is 0.936. The summed E-state index contributed by atoms with van der Waals surface area (Å²) < 4.78 is 38.5. The van der Waals surface area contributed by atoms with Gasteiger partial charge in [-0.25, -0.2) is 9.78 Å². The van der Waals surface area contributed by atoms with Crippen LogP contribution in [0.15, 0.2) is 42.6 Å². The number of pyridine rings is 1. The van der Waals surface area contributed by atoms with Gasteiger partial charge in [0, 0.05) is 45.5 Å². The first-order chi connectivity index (χ1) is 16.8. The van der Waals surface area contributed by atoms with Crippen LogP contribution in [-0.2, 0) is 12.7 Å². The molecule has 2 fully saturated rings. The van der Waals surface area contributed by atoms with Crippen molar-refractivity contribution in [2.75, 3.05) is 50.7 Å². The molecule has 2 aromatic rings. The molecule has 1 aromatic carbocycles. The predicted octanol–water partition coefficient (Wildman–Crippen LogP) is 4.89. The highest BCUT2D eigenvalue weighted by molar-refractivity contribution is 6.33. The zero-order chi connectivity index (χ0) is 24.8. The number of aromatic nitrogens is 1. The van der Waals surface area contributed by atoms with Crippen LogP contribution in [0.3, 0.4) is 0 Å². The van der Waals surface area contributed by atoms with E-state index in [1.807, 2.05) is 11.0 Å². The smallest absolute Gasteiger partial charge is 0.352 e. The van der Waals surface area contributed by atoms with Crippen molar-refractivity contribution >= 4 is 23.4 Å². The van der Waals surface area contributed by atoms with Gasteiger partial charge >= 0.3 is 12.2 Å². The van der Waals surface area contributed by atoms with Gasteiger partial charge in [0.05, 0.1) is 10.6 Å². The summed E-state index contributed by atoms with van der Waals surface area (Å²) in [5.41, 5.74) is 0.473. The maximum absolute atomic E-state index is 12.8. The van der Waals surface area contributed by atoms with Crippen LogP contribution in [0.5, 0.6) is 0 Å². The normalized spacial score (nSPS) is 18.1. The first-order valence-corrected chi connectivity index (χ1v) is 12.4. The topological polar surface area (TPSA) is 51.7 Å². The Morgan fingerprint density at radius 1 is 1.06 bits per heavy atom. The third-order valence-corrected chi connectivity index (χ3v) is 7.08. The predicted molar refractivity (Wildman–Crippen MR) is 130 cm³/mol. The molecule has 4 rings (SSSR count). The number of piperidine rings is 1. The number of benzene rings is 1. The second-order valence-electron chi connectivity index (χ2n) is 9.23. The monoisotopic (exact) mass is 509 g/mol. The number of hydrogen-bond acceptors (Lipinski definition) is 4. The Bertz CT molecular complexity index is 975. The minimum Gasteiger partial charge on any atom is -0.352 e. The van der Waals surface area contributed by atoms with E-state index in [1.165, 1.54) is 5.56 Å². The van der Waals surface area contributed by atoms with Gasteiger partial charge in [-0.15, -0.1) is 0 Å². The maximum Gasteiger partial charge on any atom is 0.417 e. The van der Waals surface area contributed by atoms with Crippen LogP contribution < -0.4 is 10.2 Å². The van der Waals surface area contributed by atoms with Crippen molar-refractivity contribution in [1.82, 2.24) is 20.1 Å². The molecule has 3 heterocycles. The molecule has 0 spiro atoms. The SMILES string of the molecule is O=C(NCCC1CCN(Cc2ccccc2)CC1)N1CCN(c2ncc(C(F)(F)F)cc2Cl)CC1. The summed E-state index contributed by atoms with van der Waals surface area (Å²) in [6.45, 7) is 5.65. The zero-order valence-corrected chi connectivity index (χ0v) is 20.4. The van der Waals surface area contributed by atoms with Crippen LogP contribution in [0.4, 0.5) is 23.8 Å². The molecule has 0 radical (unpaired) electrons. The molecule has 0 atom stereocenters. The third kappa shape index (κ3) is 7.01. The molecule has 2 aliphatic heterocycles. The molecule has 190 valence electrons. The molecule has 6 nitrogen and oxygen atoms in total. The van der Waals surface area contributed by atoms with Gasteiger partial charge < -0.3 is 15.1 Å². The van der Waals surface area contributed by atoms with E-state index in [0.29, 0.717) is 44.5 Å². The number of nitrogens with zero attached hydrogens (tertiary/aromatic N) is 4. The lowest BCUT2D eigenvalue weighted by atomic mass is 9.93. The number of anilines is 1. The molecule has 0 saturated carbocycles. The number of amides is 2. The Balaban J connectivity index is 1.15. The summed E-state index contributed by atoms with van der Waals surface area (Å²) in [6.07, 6.45) is -0.432. The number of nitrogens with one attached hydrogen (secondary N) is 1. The lowest BCUT2D eigenvalue weighted by molar-refractivity contribution is -0.137. The highest BCUT2D eigenvalue weighted by Gasteiger charge is 2.32. The quantitative estimate of drug-likeness (QED) is 0.602. The Morgan fingerprint density at radius 3 is 2.37 bits per heavy atom. The summed E-state index contributed by atoms with van der Waals surface area (Å²) >= 11 is 6.06. The van der Waals surface area contributed by atoms with Gasteiger partial charge in [0.15, 0.2) is 0 Å². The van der Waals surface area contributed by atoms with Crippen molar-refractivity contribution in [3.63, 3.8) is 0 Å². The molecule has 1 aromatic heterocycles. The Hall–Kier alpha value is -2.52. The fourth-order valence-electron chi connectivity index (χ4n) is 4.71. The highest BCUT2D eigenvalue weighted by Crippen LogP contribution is 2.33. The Morgan fingerprint density at radius 2 is 1.74 bits per heavy atom. The van der Waals surface area contributed by atoms with Crippen molar-refractivity contribution in [3.8, 4) is 0 Å². The largest absolute Gasteiger partial charge is 0.417 e. The van der Waals surface area contributed by atoms with Gasteiger partial charge in [-0.1, -0.05) is 41.9 Å². The molecular formula is C25H31ClF3N5O. The average Bonchev–Trinajstić information content (AvgIpc) is 2.85. The fourth-order valence-corrected chi connectivity index (χ4v) is 5.00. The van der Waals surface area contributed by atoms with E-state index in [9.17, 15) is 18.0 Å². The summed E-state index contributed by atoms with van der Waals surface area (Å²) in [4.78, 5) is 22.5. The van der Waals surface area contributed by atoms with Crippen LogP contribution in [0.2, 0.25) is 5.02 Å². The second-order valence-corrected chi connectivity index (χ2v) is 9.63. The maximum atomic E-state index is 12.8. The minimum absolute atomic E-state index is 0.0347. The van der Waals surface area contributed by atoms with Crippen LogP contribution >= 0.6 is 11.6 Å². The van der Waals surface area contributed by atoms with Gasteiger partial charge in [-0.05, 0) is 49.9 Å². The van der Waals surface area contributed by atoms with Crippen molar-refractivity contribution in [3.05, 3.63) is 58.7 Å². The number of piperazine rings is 1. The first-order valence-electron chi connectivity index (χ1n) is 12.1. The van der Waals surface area contributed by atoms with Crippen molar-refractivity contribution in [2.24, 2.45) is 5.92 Å². The molecule has 0 bridgehead atoms. The molecular weight excluding hydrogens is 479 g/mol. The van der Waals surface area contributed by atoms with Crippen molar-refractivity contribution < 1.29 is 18.0 Å². The molecule has 2 saturated heterocycles. The fraction of sp³-hybridized carbons (Fsp3) is 0.520. The number of rotatable bonds is 6. The molecule has 0 unspecified atom stereocenters. The van der Waals surface area contributed by atoms with E-state index in [1.54, 1.807) is 4.90 Å². The van der Waals surface area contributed by atoms with Gasteiger partial charge in [0.25, 0.3) is 0 Å². The number of urea groups is 1. The summed E-state index contributed by atoms with van der Waals surface area (Å²) in [5, 5.41) is 2.99. The number of carbonyl (C=O) groups excluding carboxylic acids is 1. The molecule has 35 heavy (non-hydrogen) atoms. The van der Waals surface area contributed by atoms with E-state index in [4.69, 9.17) is 11.6 Å². The van der Waals surface area contributed by atoms with E-state index >= 15 is 0 Å². The van der Waals surface area contributed by atoms with Crippen molar-refractivity contribution in [2.45, 2.75) is 32.0 Å². The minimum atomic E-state index is -4.48. The Kier molecular flexibility index (Phi) is 8.38. The summed E-state index contributed by atoms with van der Waals surface area (Å²) in [6, 6.07) is 11.3. The number of hydrogen-bond donors (Lipinski definition) is 1. The van der Waals surface area contributed by atoms with E-state index in [0.717, 1.165) is 51.2 Å². The molecule has 2 aliphatic rings. The molecule has 1 N–H and O–H groups in total. The number of likely N-dealkylation sites (tertiary alicyclic amines) is 1. The van der Waals surface area contributed by atoms with Crippen LogP contribution in [0.25, 0.3) is 0 Å². The van der Waals surface area contributed by atoms with Crippen LogP contribution in [0, 0.1) is 5.92 Å².